The quantitative estimate of drug-likeness (QED) is 0.803. The van der Waals surface area contributed by atoms with Gasteiger partial charge in [-0.2, -0.15) is 0 Å². The predicted molar refractivity (Wildman–Crippen MR) is 79.5 cm³/mol. The lowest BCUT2D eigenvalue weighted by Gasteiger charge is -2.40. The summed E-state index contributed by atoms with van der Waals surface area (Å²) in [4.78, 5) is 24.1. The Labute approximate surface area is 125 Å². The van der Waals surface area contributed by atoms with E-state index in [1.165, 1.54) is 0 Å². The SMILES string of the molecule is COc1cc(C2(C(=O)OC(C)(C)C)CC(=O)C2)ccc1C. The fraction of sp³-hybridized carbons (Fsp3) is 0.529. The Bertz CT molecular complexity index is 573. The minimum absolute atomic E-state index is 0.0837. The molecular formula is C17H22O4. The molecule has 4 nitrogen and oxygen atoms in total. The van der Waals surface area contributed by atoms with Crippen molar-refractivity contribution in [1.82, 2.24) is 0 Å². The molecular weight excluding hydrogens is 268 g/mol. The monoisotopic (exact) mass is 290 g/mol. The van der Waals surface area contributed by atoms with Crippen molar-refractivity contribution in [3.63, 3.8) is 0 Å². The van der Waals surface area contributed by atoms with E-state index in [2.05, 4.69) is 0 Å². The largest absolute Gasteiger partial charge is 0.496 e. The molecule has 21 heavy (non-hydrogen) atoms. The second kappa shape index (κ2) is 5.17. The lowest BCUT2D eigenvalue weighted by Crippen LogP contribution is -2.51. The summed E-state index contributed by atoms with van der Waals surface area (Å²) < 4.78 is 10.8. The molecule has 0 N–H and O–H groups in total. The Kier molecular flexibility index (Phi) is 3.83. The molecule has 0 bridgehead atoms. The van der Waals surface area contributed by atoms with Gasteiger partial charge in [0.05, 0.1) is 7.11 Å². The van der Waals surface area contributed by atoms with Gasteiger partial charge in [0.2, 0.25) is 0 Å². The van der Waals surface area contributed by atoms with Gasteiger partial charge in [0.25, 0.3) is 0 Å². The van der Waals surface area contributed by atoms with Crippen LogP contribution in [0, 0.1) is 6.92 Å². The van der Waals surface area contributed by atoms with Crippen molar-refractivity contribution < 1.29 is 19.1 Å². The molecule has 0 spiro atoms. The molecule has 0 amide bonds. The van der Waals surface area contributed by atoms with Gasteiger partial charge in [-0.1, -0.05) is 12.1 Å². The molecule has 0 atom stereocenters. The normalized spacial score (nSPS) is 17.1. The molecule has 0 aliphatic heterocycles. The number of hydrogen-bond acceptors (Lipinski definition) is 4. The van der Waals surface area contributed by atoms with Gasteiger partial charge < -0.3 is 9.47 Å². The average molecular weight is 290 g/mol. The molecule has 0 radical (unpaired) electrons. The fourth-order valence-electron chi connectivity index (χ4n) is 2.58. The summed E-state index contributed by atoms with van der Waals surface area (Å²) in [7, 11) is 1.60. The van der Waals surface area contributed by atoms with E-state index in [4.69, 9.17) is 9.47 Å². The first-order chi connectivity index (χ1) is 9.68. The second-order valence-electron chi connectivity index (χ2n) is 6.66. The summed E-state index contributed by atoms with van der Waals surface area (Å²) in [5.74, 6) is 0.468. The molecule has 1 saturated carbocycles. The Hall–Kier alpha value is -1.84. The number of methoxy groups -OCH3 is 1. The van der Waals surface area contributed by atoms with Crippen molar-refractivity contribution >= 4 is 11.8 Å². The van der Waals surface area contributed by atoms with E-state index in [0.29, 0.717) is 0 Å². The van der Waals surface area contributed by atoms with E-state index < -0.39 is 11.0 Å². The highest BCUT2D eigenvalue weighted by atomic mass is 16.6. The Balaban J connectivity index is 2.39. The third-order valence-electron chi connectivity index (χ3n) is 3.75. The van der Waals surface area contributed by atoms with Crippen molar-refractivity contribution in [2.45, 2.75) is 51.6 Å². The molecule has 114 valence electrons. The highest BCUT2D eigenvalue weighted by Crippen LogP contribution is 2.44. The number of esters is 1. The first kappa shape index (κ1) is 15.5. The van der Waals surface area contributed by atoms with Crippen molar-refractivity contribution in [1.29, 1.82) is 0 Å². The molecule has 1 aliphatic rings. The van der Waals surface area contributed by atoms with Crippen LogP contribution in [0.3, 0.4) is 0 Å². The standard InChI is InChI=1S/C17H22O4/c1-11-6-7-12(8-14(11)20-5)17(9-13(18)10-17)15(19)21-16(2,3)4/h6-8H,9-10H2,1-5H3. The van der Waals surface area contributed by atoms with E-state index in [0.717, 1.165) is 16.9 Å². The number of carbonyl (C=O) groups is 2. The van der Waals surface area contributed by atoms with Crippen LogP contribution in [0.15, 0.2) is 18.2 Å². The summed E-state index contributed by atoms with van der Waals surface area (Å²) in [5, 5.41) is 0. The van der Waals surface area contributed by atoms with Crippen LogP contribution in [0.5, 0.6) is 5.75 Å². The highest BCUT2D eigenvalue weighted by molar-refractivity contribution is 6.02. The van der Waals surface area contributed by atoms with Gasteiger partial charge in [-0.25, -0.2) is 0 Å². The molecule has 1 aromatic rings. The number of hydrogen-bond donors (Lipinski definition) is 0. The van der Waals surface area contributed by atoms with Gasteiger partial charge in [0.1, 0.15) is 22.5 Å². The van der Waals surface area contributed by atoms with Crippen molar-refractivity contribution in [2.75, 3.05) is 7.11 Å². The van der Waals surface area contributed by atoms with Crippen LogP contribution in [0.1, 0.15) is 44.7 Å². The Morgan fingerprint density at radius 2 is 1.86 bits per heavy atom. The van der Waals surface area contributed by atoms with Gasteiger partial charge in [0.15, 0.2) is 0 Å². The van der Waals surface area contributed by atoms with Crippen molar-refractivity contribution in [3.8, 4) is 5.75 Å². The molecule has 0 saturated heterocycles. The zero-order chi connectivity index (χ0) is 15.8. The maximum absolute atomic E-state index is 12.6. The lowest BCUT2D eigenvalue weighted by atomic mass is 9.63. The zero-order valence-electron chi connectivity index (χ0n) is 13.3. The number of Topliss-reactive ketones (excluding diaryl/α,β-unsaturated/α-hetero) is 1. The van der Waals surface area contributed by atoms with Gasteiger partial charge in [-0.3, -0.25) is 9.59 Å². The van der Waals surface area contributed by atoms with E-state index >= 15 is 0 Å². The van der Waals surface area contributed by atoms with Crippen LogP contribution in [0.25, 0.3) is 0 Å². The van der Waals surface area contributed by atoms with Gasteiger partial charge >= 0.3 is 5.97 Å². The molecule has 0 aromatic heterocycles. The summed E-state index contributed by atoms with van der Waals surface area (Å²) in [6.45, 7) is 7.42. The average Bonchev–Trinajstić information content (AvgIpc) is 2.33. The minimum atomic E-state index is -0.856. The zero-order valence-corrected chi connectivity index (χ0v) is 13.3. The first-order valence-electron chi connectivity index (χ1n) is 7.08. The van der Waals surface area contributed by atoms with Crippen LogP contribution < -0.4 is 4.74 Å². The van der Waals surface area contributed by atoms with E-state index in [1.807, 2.05) is 45.9 Å². The fourth-order valence-corrected chi connectivity index (χ4v) is 2.58. The smallest absolute Gasteiger partial charge is 0.317 e. The highest BCUT2D eigenvalue weighted by Gasteiger charge is 2.53. The molecule has 0 heterocycles. The number of aryl methyl sites for hydroxylation is 1. The predicted octanol–water partition coefficient (Wildman–Crippen LogP) is 2.95. The van der Waals surface area contributed by atoms with Gasteiger partial charge in [0, 0.05) is 12.8 Å². The molecule has 2 rings (SSSR count). The number of rotatable bonds is 3. The molecule has 4 heteroatoms. The third-order valence-corrected chi connectivity index (χ3v) is 3.75. The summed E-state index contributed by atoms with van der Waals surface area (Å²) in [5.41, 5.74) is 0.355. The topological polar surface area (TPSA) is 52.6 Å². The van der Waals surface area contributed by atoms with Gasteiger partial charge in [-0.15, -0.1) is 0 Å². The third kappa shape index (κ3) is 2.94. The number of benzene rings is 1. The van der Waals surface area contributed by atoms with E-state index in [1.54, 1.807) is 7.11 Å². The van der Waals surface area contributed by atoms with Crippen LogP contribution in [-0.4, -0.2) is 24.5 Å². The van der Waals surface area contributed by atoms with Crippen molar-refractivity contribution in [3.05, 3.63) is 29.3 Å². The summed E-state index contributed by atoms with van der Waals surface area (Å²) in [6.07, 6.45) is 0.405. The number of ketones is 1. The summed E-state index contributed by atoms with van der Waals surface area (Å²) in [6, 6.07) is 5.63. The maximum atomic E-state index is 12.6. The van der Waals surface area contributed by atoms with Crippen LogP contribution in [0.4, 0.5) is 0 Å². The first-order valence-corrected chi connectivity index (χ1v) is 7.08. The van der Waals surface area contributed by atoms with Crippen molar-refractivity contribution in [2.24, 2.45) is 0 Å². The van der Waals surface area contributed by atoms with Gasteiger partial charge in [-0.05, 0) is 44.9 Å². The van der Waals surface area contributed by atoms with Crippen LogP contribution in [0.2, 0.25) is 0 Å². The Morgan fingerprint density at radius 3 is 2.33 bits per heavy atom. The maximum Gasteiger partial charge on any atom is 0.317 e. The molecule has 1 aliphatic carbocycles. The Morgan fingerprint density at radius 1 is 1.24 bits per heavy atom. The molecule has 0 unspecified atom stereocenters. The number of carbonyl (C=O) groups excluding carboxylic acids is 2. The van der Waals surface area contributed by atoms with Crippen LogP contribution in [-0.2, 0) is 19.7 Å². The second-order valence-corrected chi connectivity index (χ2v) is 6.66. The number of ether oxygens (including phenoxy) is 2. The minimum Gasteiger partial charge on any atom is -0.496 e. The van der Waals surface area contributed by atoms with Crippen LogP contribution >= 0.6 is 0 Å². The molecule has 1 fully saturated rings. The molecule has 1 aromatic carbocycles. The van der Waals surface area contributed by atoms with E-state index in [-0.39, 0.29) is 24.6 Å². The summed E-state index contributed by atoms with van der Waals surface area (Å²) >= 11 is 0. The van der Waals surface area contributed by atoms with E-state index in [9.17, 15) is 9.59 Å². The lowest BCUT2D eigenvalue weighted by molar-refractivity contribution is -0.169.